The van der Waals surface area contributed by atoms with Gasteiger partial charge in [-0.1, -0.05) is 0 Å². The molecular formula is C9H16N3+. The van der Waals surface area contributed by atoms with Crippen LogP contribution in [0.25, 0.3) is 0 Å². The fourth-order valence-corrected chi connectivity index (χ4v) is 1.73. The molecule has 1 aromatic heterocycles. The molecule has 0 unspecified atom stereocenters. The molecule has 0 amide bonds. The van der Waals surface area contributed by atoms with E-state index in [4.69, 9.17) is 0 Å². The van der Waals surface area contributed by atoms with Crippen LogP contribution >= 0.6 is 0 Å². The van der Waals surface area contributed by atoms with Crippen LogP contribution in [0.2, 0.25) is 0 Å². The van der Waals surface area contributed by atoms with Crippen molar-refractivity contribution in [3.8, 4) is 0 Å². The Kier molecular flexibility index (Phi) is 1.68. The maximum Gasteiger partial charge on any atom is 0.225 e. The third-order valence-corrected chi connectivity index (χ3v) is 2.66. The first kappa shape index (κ1) is 7.80. The van der Waals surface area contributed by atoms with Gasteiger partial charge in [0.1, 0.15) is 0 Å². The molecule has 0 spiro atoms. The van der Waals surface area contributed by atoms with Crippen molar-refractivity contribution in [1.29, 1.82) is 0 Å². The molecule has 3 heteroatoms. The van der Waals surface area contributed by atoms with E-state index in [0.29, 0.717) is 6.04 Å². The second-order valence-corrected chi connectivity index (χ2v) is 3.80. The standard InChI is InChI=1S/C9H15N3/c1-7(2)12-5-8-4-10-11(3)9(8)6-12/h4,7H,5-6H2,1-3H3/p+1. The molecule has 3 nitrogen and oxygen atoms in total. The van der Waals surface area contributed by atoms with Gasteiger partial charge in [-0.25, -0.2) is 0 Å². The van der Waals surface area contributed by atoms with Crippen molar-refractivity contribution in [1.82, 2.24) is 10.00 Å². The van der Waals surface area contributed by atoms with Gasteiger partial charge in [-0.05, 0) is 13.8 Å². The van der Waals surface area contributed by atoms with Crippen molar-refractivity contribution < 1.29 is 4.68 Å². The Morgan fingerprint density at radius 1 is 1.50 bits per heavy atom. The first-order valence-electron chi connectivity index (χ1n) is 4.47. The third-order valence-electron chi connectivity index (χ3n) is 2.66. The van der Waals surface area contributed by atoms with Crippen molar-refractivity contribution >= 4 is 0 Å². The Morgan fingerprint density at radius 3 is 2.83 bits per heavy atom. The second-order valence-electron chi connectivity index (χ2n) is 3.80. The predicted molar refractivity (Wildman–Crippen MR) is 46.4 cm³/mol. The van der Waals surface area contributed by atoms with Crippen LogP contribution in [0.4, 0.5) is 0 Å². The van der Waals surface area contributed by atoms with Gasteiger partial charge in [0, 0.05) is 12.6 Å². The van der Waals surface area contributed by atoms with Gasteiger partial charge < -0.3 is 0 Å². The maximum absolute atomic E-state index is 3.19. The van der Waals surface area contributed by atoms with E-state index in [1.807, 2.05) is 0 Å². The molecule has 0 radical (unpaired) electrons. The number of aromatic amines is 1. The molecule has 1 aliphatic rings. The summed E-state index contributed by atoms with van der Waals surface area (Å²) in [5, 5.41) is 3.19. The number of hydrogen-bond donors (Lipinski definition) is 1. The van der Waals surface area contributed by atoms with Gasteiger partial charge in [-0.2, -0.15) is 5.10 Å². The normalized spacial score (nSPS) is 17.3. The molecule has 12 heavy (non-hydrogen) atoms. The second kappa shape index (κ2) is 2.59. The molecule has 1 N–H and O–H groups in total. The molecule has 0 atom stereocenters. The number of fused-ring (bicyclic) bond motifs is 1. The van der Waals surface area contributed by atoms with Crippen LogP contribution in [0.15, 0.2) is 6.20 Å². The quantitative estimate of drug-likeness (QED) is 0.605. The van der Waals surface area contributed by atoms with Crippen molar-refractivity contribution in [3.63, 3.8) is 0 Å². The topological polar surface area (TPSA) is 22.9 Å². The molecule has 1 aromatic rings. The van der Waals surface area contributed by atoms with E-state index in [1.54, 1.807) is 0 Å². The van der Waals surface area contributed by atoms with E-state index in [-0.39, 0.29) is 0 Å². The third kappa shape index (κ3) is 1.05. The lowest BCUT2D eigenvalue weighted by molar-refractivity contribution is -0.733. The van der Waals surface area contributed by atoms with E-state index < -0.39 is 0 Å². The fraction of sp³-hybridized carbons (Fsp3) is 0.667. The number of H-pyrrole nitrogens is 1. The van der Waals surface area contributed by atoms with Crippen molar-refractivity contribution in [2.75, 3.05) is 0 Å². The summed E-state index contributed by atoms with van der Waals surface area (Å²) in [7, 11) is 2.07. The van der Waals surface area contributed by atoms with E-state index in [0.717, 1.165) is 13.1 Å². The first-order chi connectivity index (χ1) is 5.68. The van der Waals surface area contributed by atoms with Gasteiger partial charge in [-0.15, -0.1) is 4.68 Å². The van der Waals surface area contributed by atoms with Gasteiger partial charge in [0.15, 0.2) is 7.05 Å². The first-order valence-corrected chi connectivity index (χ1v) is 4.47. The smallest absolute Gasteiger partial charge is 0.225 e. The monoisotopic (exact) mass is 166 g/mol. The van der Waals surface area contributed by atoms with Crippen molar-refractivity contribution in [2.45, 2.75) is 33.0 Å². The van der Waals surface area contributed by atoms with Gasteiger partial charge in [0.25, 0.3) is 0 Å². The largest absolute Gasteiger partial charge is 0.286 e. The Morgan fingerprint density at radius 2 is 2.25 bits per heavy atom. The molecule has 0 aliphatic carbocycles. The highest BCUT2D eigenvalue weighted by Crippen LogP contribution is 2.20. The summed E-state index contributed by atoms with van der Waals surface area (Å²) in [6, 6.07) is 0.650. The van der Waals surface area contributed by atoms with Crippen LogP contribution in [0.3, 0.4) is 0 Å². The molecule has 2 heterocycles. The van der Waals surface area contributed by atoms with Gasteiger partial charge >= 0.3 is 0 Å². The predicted octanol–water partition coefficient (Wildman–Crippen LogP) is 0.563. The van der Waals surface area contributed by atoms with E-state index in [1.165, 1.54) is 11.3 Å². The molecule has 1 aliphatic heterocycles. The zero-order valence-corrected chi connectivity index (χ0v) is 7.96. The lowest BCUT2D eigenvalue weighted by Crippen LogP contribution is -2.36. The molecule has 0 fully saturated rings. The lowest BCUT2D eigenvalue weighted by Gasteiger charge is -2.17. The Labute approximate surface area is 73.0 Å². The molecule has 2 rings (SSSR count). The van der Waals surface area contributed by atoms with Crippen LogP contribution < -0.4 is 4.68 Å². The van der Waals surface area contributed by atoms with Gasteiger partial charge in [0.2, 0.25) is 5.69 Å². The summed E-state index contributed by atoms with van der Waals surface area (Å²) in [4.78, 5) is 2.47. The van der Waals surface area contributed by atoms with Crippen LogP contribution in [-0.2, 0) is 20.1 Å². The minimum absolute atomic E-state index is 0.650. The van der Waals surface area contributed by atoms with Gasteiger partial charge in [0.05, 0.1) is 18.3 Å². The summed E-state index contributed by atoms with van der Waals surface area (Å²) in [5.74, 6) is 0. The lowest BCUT2D eigenvalue weighted by atomic mass is 10.3. The van der Waals surface area contributed by atoms with E-state index in [2.05, 4.69) is 41.8 Å². The van der Waals surface area contributed by atoms with E-state index in [9.17, 15) is 0 Å². The molecule has 0 aromatic carbocycles. The average Bonchev–Trinajstić information content (AvgIpc) is 2.53. The zero-order chi connectivity index (χ0) is 8.72. The summed E-state index contributed by atoms with van der Waals surface area (Å²) >= 11 is 0. The van der Waals surface area contributed by atoms with Crippen LogP contribution in [0.5, 0.6) is 0 Å². The minimum Gasteiger partial charge on any atom is -0.286 e. The number of aryl methyl sites for hydroxylation is 1. The zero-order valence-electron chi connectivity index (χ0n) is 7.96. The number of nitrogens with zero attached hydrogens (tertiary/aromatic N) is 2. The number of aromatic nitrogens is 2. The summed E-state index contributed by atoms with van der Waals surface area (Å²) < 4.78 is 2.11. The Hall–Kier alpha value is -0.830. The number of rotatable bonds is 1. The van der Waals surface area contributed by atoms with Crippen LogP contribution in [0.1, 0.15) is 25.1 Å². The maximum atomic E-state index is 3.19. The molecular weight excluding hydrogens is 150 g/mol. The highest BCUT2D eigenvalue weighted by molar-refractivity contribution is 5.16. The Bertz CT molecular complexity index is 288. The fourth-order valence-electron chi connectivity index (χ4n) is 1.73. The SMILES string of the molecule is CC(C)N1Cc2c[nH][n+](C)c2C1. The van der Waals surface area contributed by atoms with Crippen LogP contribution in [-0.4, -0.2) is 16.0 Å². The Balaban J connectivity index is 2.22. The highest BCUT2D eigenvalue weighted by atomic mass is 15.3. The molecule has 0 bridgehead atoms. The molecule has 66 valence electrons. The molecule has 0 saturated carbocycles. The van der Waals surface area contributed by atoms with E-state index >= 15 is 0 Å². The van der Waals surface area contributed by atoms with Crippen molar-refractivity contribution in [3.05, 3.63) is 17.5 Å². The molecule has 0 saturated heterocycles. The average molecular weight is 166 g/mol. The highest BCUT2D eigenvalue weighted by Gasteiger charge is 2.29. The number of nitrogens with one attached hydrogen (secondary N) is 1. The minimum atomic E-state index is 0.650. The summed E-state index contributed by atoms with van der Waals surface area (Å²) in [6.45, 7) is 6.68. The van der Waals surface area contributed by atoms with Gasteiger partial charge in [-0.3, -0.25) is 4.90 Å². The summed E-state index contributed by atoms with van der Waals surface area (Å²) in [6.07, 6.45) is 2.11. The van der Waals surface area contributed by atoms with Crippen LogP contribution in [0, 0.1) is 0 Å². The van der Waals surface area contributed by atoms with Crippen molar-refractivity contribution in [2.24, 2.45) is 7.05 Å². The summed E-state index contributed by atoms with van der Waals surface area (Å²) in [5.41, 5.74) is 2.88. The number of hydrogen-bond acceptors (Lipinski definition) is 1.